The summed E-state index contributed by atoms with van der Waals surface area (Å²) in [5.41, 5.74) is 5.98. The highest BCUT2D eigenvalue weighted by molar-refractivity contribution is 5.18. The van der Waals surface area contributed by atoms with Crippen molar-refractivity contribution in [2.75, 3.05) is 26.2 Å². The van der Waals surface area contributed by atoms with Crippen LogP contribution in [0.25, 0.3) is 0 Å². The van der Waals surface area contributed by atoms with Crippen LogP contribution in [-0.4, -0.2) is 37.2 Å². The van der Waals surface area contributed by atoms with Gasteiger partial charge in [0.2, 0.25) is 0 Å². The number of benzene rings is 1. The van der Waals surface area contributed by atoms with Crippen molar-refractivity contribution in [3.63, 3.8) is 0 Å². The van der Waals surface area contributed by atoms with Crippen LogP contribution in [0.1, 0.15) is 24.8 Å². The van der Waals surface area contributed by atoms with Crippen molar-refractivity contribution in [3.05, 3.63) is 35.4 Å². The van der Waals surface area contributed by atoms with Crippen molar-refractivity contribution in [1.29, 1.82) is 0 Å². The predicted octanol–water partition coefficient (Wildman–Crippen LogP) is 2.29. The third-order valence-corrected chi connectivity index (χ3v) is 3.65. The van der Waals surface area contributed by atoms with E-state index in [1.54, 1.807) is 0 Å². The Morgan fingerprint density at radius 2 is 2.00 bits per heavy atom. The lowest BCUT2D eigenvalue weighted by Gasteiger charge is -2.32. The summed E-state index contributed by atoms with van der Waals surface area (Å²) in [5.74, 6) is -0.996. The molecule has 112 valence electrons. The van der Waals surface area contributed by atoms with E-state index in [-0.39, 0.29) is 6.10 Å². The molecule has 0 aliphatic carbocycles. The lowest BCUT2D eigenvalue weighted by molar-refractivity contribution is 0.00546. The van der Waals surface area contributed by atoms with Gasteiger partial charge in [0, 0.05) is 37.9 Å². The maximum Gasteiger partial charge on any atom is 0.130 e. The highest BCUT2D eigenvalue weighted by Gasteiger charge is 2.20. The van der Waals surface area contributed by atoms with Gasteiger partial charge >= 0.3 is 0 Å². The van der Waals surface area contributed by atoms with E-state index in [0.717, 1.165) is 38.4 Å². The van der Waals surface area contributed by atoms with Gasteiger partial charge < -0.3 is 10.5 Å². The van der Waals surface area contributed by atoms with Crippen LogP contribution in [0.5, 0.6) is 0 Å². The summed E-state index contributed by atoms with van der Waals surface area (Å²) in [6, 6.07) is 3.77. The molecule has 1 heterocycles. The Balaban J connectivity index is 1.76. The van der Waals surface area contributed by atoms with Gasteiger partial charge in [0.1, 0.15) is 11.6 Å². The van der Waals surface area contributed by atoms with E-state index in [1.165, 1.54) is 12.1 Å². The fraction of sp³-hybridized carbons (Fsp3) is 0.600. The molecule has 0 aromatic heterocycles. The first kappa shape index (κ1) is 15.4. The largest absolute Gasteiger partial charge is 0.378 e. The molecule has 2 rings (SSSR count). The molecule has 1 aliphatic rings. The summed E-state index contributed by atoms with van der Waals surface area (Å²) >= 11 is 0. The molecular formula is C15H22F2N2O. The number of nitrogens with two attached hydrogens (primary N) is 1. The molecule has 0 saturated carbocycles. The van der Waals surface area contributed by atoms with Gasteiger partial charge in [-0.25, -0.2) is 8.78 Å². The minimum absolute atomic E-state index is 0.288. The highest BCUT2D eigenvalue weighted by atomic mass is 19.1. The minimum atomic E-state index is -0.529. The van der Waals surface area contributed by atoms with Crippen LogP contribution in [0.3, 0.4) is 0 Å². The Labute approximate surface area is 118 Å². The molecule has 0 radical (unpaired) electrons. The van der Waals surface area contributed by atoms with Crippen molar-refractivity contribution >= 4 is 0 Å². The molecule has 0 unspecified atom stereocenters. The number of hydrogen-bond donors (Lipinski definition) is 1. The molecule has 1 saturated heterocycles. The van der Waals surface area contributed by atoms with Crippen LogP contribution < -0.4 is 5.73 Å². The zero-order valence-corrected chi connectivity index (χ0v) is 11.7. The number of rotatable bonds is 6. The van der Waals surface area contributed by atoms with Gasteiger partial charge in [-0.2, -0.15) is 0 Å². The maximum absolute atomic E-state index is 13.6. The molecule has 0 spiro atoms. The van der Waals surface area contributed by atoms with E-state index in [1.807, 2.05) is 0 Å². The summed E-state index contributed by atoms with van der Waals surface area (Å²) in [4.78, 5) is 2.18. The predicted molar refractivity (Wildman–Crippen MR) is 74.3 cm³/mol. The normalized spacial score (nSPS) is 17.6. The monoisotopic (exact) mass is 284 g/mol. The fourth-order valence-electron chi connectivity index (χ4n) is 2.46. The fourth-order valence-corrected chi connectivity index (χ4v) is 2.46. The second-order valence-corrected chi connectivity index (χ2v) is 5.22. The number of piperidine rings is 1. The average Bonchev–Trinajstić information content (AvgIpc) is 2.44. The third kappa shape index (κ3) is 4.51. The van der Waals surface area contributed by atoms with Gasteiger partial charge in [0.15, 0.2) is 0 Å². The second kappa shape index (κ2) is 7.67. The number of hydrogen-bond acceptors (Lipinski definition) is 3. The standard InChI is InChI=1S/C15H22F2N2O/c16-13-3-2-12(15(17)10-13)11-19-7-4-14(5-8-19)20-9-1-6-18/h2-3,10,14H,1,4-9,11,18H2. The van der Waals surface area contributed by atoms with Crippen molar-refractivity contribution in [2.24, 2.45) is 5.73 Å². The van der Waals surface area contributed by atoms with Crippen molar-refractivity contribution in [1.82, 2.24) is 4.90 Å². The summed E-state index contributed by atoms with van der Waals surface area (Å²) in [5, 5.41) is 0. The number of nitrogens with zero attached hydrogens (tertiary/aromatic N) is 1. The first-order valence-electron chi connectivity index (χ1n) is 7.17. The lowest BCUT2D eigenvalue weighted by Crippen LogP contribution is -2.37. The molecule has 20 heavy (non-hydrogen) atoms. The molecule has 1 aromatic carbocycles. The van der Waals surface area contributed by atoms with Crippen LogP contribution in [0, 0.1) is 11.6 Å². The molecule has 3 nitrogen and oxygen atoms in total. The van der Waals surface area contributed by atoms with Gasteiger partial charge in [-0.15, -0.1) is 0 Å². The molecule has 1 fully saturated rings. The summed E-state index contributed by atoms with van der Waals surface area (Å²) in [6.45, 7) is 3.66. The molecule has 1 aromatic rings. The van der Waals surface area contributed by atoms with Crippen molar-refractivity contribution in [3.8, 4) is 0 Å². The van der Waals surface area contributed by atoms with Gasteiger partial charge in [-0.1, -0.05) is 6.07 Å². The quantitative estimate of drug-likeness (QED) is 0.815. The first-order chi connectivity index (χ1) is 9.69. The zero-order chi connectivity index (χ0) is 14.4. The second-order valence-electron chi connectivity index (χ2n) is 5.22. The van der Waals surface area contributed by atoms with Crippen LogP contribution in [0.4, 0.5) is 8.78 Å². The number of halogens is 2. The van der Waals surface area contributed by atoms with E-state index < -0.39 is 11.6 Å². The SMILES string of the molecule is NCCCOC1CCN(Cc2ccc(F)cc2F)CC1. The van der Waals surface area contributed by atoms with E-state index in [4.69, 9.17) is 10.5 Å². The molecule has 0 bridgehead atoms. The maximum atomic E-state index is 13.6. The van der Waals surface area contributed by atoms with E-state index in [9.17, 15) is 8.78 Å². The lowest BCUT2D eigenvalue weighted by atomic mass is 10.1. The van der Waals surface area contributed by atoms with Crippen LogP contribution in [0.15, 0.2) is 18.2 Å². The third-order valence-electron chi connectivity index (χ3n) is 3.65. The number of likely N-dealkylation sites (tertiary alicyclic amines) is 1. The Kier molecular flexibility index (Phi) is 5.88. The van der Waals surface area contributed by atoms with E-state index in [0.29, 0.717) is 25.3 Å². The van der Waals surface area contributed by atoms with Crippen LogP contribution in [-0.2, 0) is 11.3 Å². The topological polar surface area (TPSA) is 38.5 Å². The Hall–Kier alpha value is -1.04. The van der Waals surface area contributed by atoms with Crippen LogP contribution >= 0.6 is 0 Å². The molecule has 2 N–H and O–H groups in total. The van der Waals surface area contributed by atoms with Crippen LogP contribution in [0.2, 0.25) is 0 Å². The van der Waals surface area contributed by atoms with Crippen molar-refractivity contribution in [2.45, 2.75) is 31.9 Å². The van der Waals surface area contributed by atoms with Gasteiger partial charge in [0.05, 0.1) is 6.10 Å². The molecule has 5 heteroatoms. The Morgan fingerprint density at radius 3 is 2.65 bits per heavy atom. The first-order valence-corrected chi connectivity index (χ1v) is 7.17. The van der Waals surface area contributed by atoms with Gasteiger partial charge in [0.25, 0.3) is 0 Å². The smallest absolute Gasteiger partial charge is 0.130 e. The Morgan fingerprint density at radius 1 is 1.25 bits per heavy atom. The van der Waals surface area contributed by atoms with Gasteiger partial charge in [-0.3, -0.25) is 4.90 Å². The van der Waals surface area contributed by atoms with E-state index >= 15 is 0 Å². The molecule has 0 atom stereocenters. The summed E-state index contributed by atoms with van der Waals surface area (Å²) < 4.78 is 32.2. The Bertz CT molecular complexity index is 420. The molecular weight excluding hydrogens is 262 g/mol. The van der Waals surface area contributed by atoms with E-state index in [2.05, 4.69) is 4.90 Å². The van der Waals surface area contributed by atoms with Gasteiger partial charge in [-0.05, 0) is 31.9 Å². The molecule has 1 aliphatic heterocycles. The average molecular weight is 284 g/mol. The minimum Gasteiger partial charge on any atom is -0.378 e. The highest BCUT2D eigenvalue weighted by Crippen LogP contribution is 2.18. The summed E-state index contributed by atoms with van der Waals surface area (Å²) in [7, 11) is 0. The molecule has 0 amide bonds. The zero-order valence-electron chi connectivity index (χ0n) is 11.7. The van der Waals surface area contributed by atoms with Crippen molar-refractivity contribution < 1.29 is 13.5 Å². The summed E-state index contributed by atoms with van der Waals surface area (Å²) in [6.07, 6.45) is 3.08. The number of ether oxygens (including phenoxy) is 1.